The molecular weight excluding hydrogens is 344 g/mol. The molecule has 1 atom stereocenters. The number of ketones is 1. The lowest BCUT2D eigenvalue weighted by molar-refractivity contribution is -0.119. The van der Waals surface area contributed by atoms with Crippen LogP contribution in [0.4, 0.5) is 0 Å². The summed E-state index contributed by atoms with van der Waals surface area (Å²) in [5.41, 5.74) is 3.70. The fourth-order valence-corrected chi connectivity index (χ4v) is 4.12. The second-order valence-electron chi connectivity index (χ2n) is 7.18. The Morgan fingerprint density at radius 2 is 1.46 bits per heavy atom. The predicted molar refractivity (Wildman–Crippen MR) is 108 cm³/mol. The number of sulfone groups is 1. The van der Waals surface area contributed by atoms with Crippen molar-refractivity contribution in [3.63, 3.8) is 0 Å². The third kappa shape index (κ3) is 5.04. The van der Waals surface area contributed by atoms with Crippen molar-refractivity contribution in [2.75, 3.05) is 6.26 Å². The highest BCUT2D eigenvalue weighted by molar-refractivity contribution is 7.92. The van der Waals surface area contributed by atoms with Gasteiger partial charge in [0, 0.05) is 6.26 Å². The SMILES string of the molecule is CC(=O)C(C)(CCCCCc1ccc(-c2ccccc2)cc1)S(C)(=O)=O. The highest BCUT2D eigenvalue weighted by atomic mass is 32.2. The van der Waals surface area contributed by atoms with Gasteiger partial charge < -0.3 is 0 Å². The van der Waals surface area contributed by atoms with E-state index < -0.39 is 14.6 Å². The summed E-state index contributed by atoms with van der Waals surface area (Å²) in [5.74, 6) is -0.267. The Kier molecular flexibility index (Phi) is 6.76. The zero-order valence-corrected chi connectivity index (χ0v) is 16.7. The van der Waals surface area contributed by atoms with Crippen LogP contribution in [-0.4, -0.2) is 25.2 Å². The number of unbranched alkanes of at least 4 members (excludes halogenated alkanes) is 2. The molecule has 4 heteroatoms. The van der Waals surface area contributed by atoms with Gasteiger partial charge in [-0.05, 0) is 49.8 Å². The van der Waals surface area contributed by atoms with Crippen LogP contribution in [-0.2, 0) is 21.1 Å². The molecule has 0 aliphatic heterocycles. The number of rotatable bonds is 9. The summed E-state index contributed by atoms with van der Waals surface area (Å²) in [7, 11) is -3.38. The van der Waals surface area contributed by atoms with Gasteiger partial charge in [0.05, 0.1) is 0 Å². The van der Waals surface area contributed by atoms with E-state index in [1.54, 1.807) is 6.92 Å². The van der Waals surface area contributed by atoms with Crippen LogP contribution in [0.1, 0.15) is 45.1 Å². The fourth-order valence-electron chi connectivity index (χ4n) is 3.09. The molecule has 1 unspecified atom stereocenters. The van der Waals surface area contributed by atoms with E-state index in [1.807, 2.05) is 18.2 Å². The van der Waals surface area contributed by atoms with Crippen molar-refractivity contribution in [1.82, 2.24) is 0 Å². The Labute approximate surface area is 157 Å². The first-order valence-electron chi connectivity index (χ1n) is 9.09. The Hall–Kier alpha value is -1.94. The third-order valence-corrected chi connectivity index (χ3v) is 7.37. The highest BCUT2D eigenvalue weighted by Crippen LogP contribution is 2.25. The predicted octanol–water partition coefficient (Wildman–Crippen LogP) is 4.85. The van der Waals surface area contributed by atoms with Crippen LogP contribution in [0.5, 0.6) is 0 Å². The standard InChI is InChI=1S/C22H28O3S/c1-18(23)22(2,26(3,24)25)17-9-5-6-10-19-13-15-21(16-14-19)20-11-7-4-8-12-20/h4,7-8,11-16H,5-6,9-10,17H2,1-3H3. The van der Waals surface area contributed by atoms with Crippen molar-refractivity contribution in [2.24, 2.45) is 0 Å². The molecule has 0 N–H and O–H groups in total. The molecule has 0 radical (unpaired) electrons. The first-order chi connectivity index (χ1) is 12.2. The summed E-state index contributed by atoms with van der Waals surface area (Å²) in [6.07, 6.45) is 5.16. The molecule has 0 saturated carbocycles. The van der Waals surface area contributed by atoms with E-state index in [2.05, 4.69) is 36.4 Å². The second-order valence-corrected chi connectivity index (χ2v) is 9.63. The van der Waals surface area contributed by atoms with E-state index in [4.69, 9.17) is 0 Å². The Bertz CT molecular complexity index is 823. The Morgan fingerprint density at radius 1 is 0.885 bits per heavy atom. The van der Waals surface area contributed by atoms with E-state index in [-0.39, 0.29) is 5.78 Å². The Balaban J connectivity index is 1.82. The van der Waals surface area contributed by atoms with Gasteiger partial charge in [-0.25, -0.2) is 8.42 Å². The molecule has 0 aliphatic rings. The third-order valence-electron chi connectivity index (χ3n) is 5.24. The van der Waals surface area contributed by atoms with Crippen LogP contribution in [0.15, 0.2) is 54.6 Å². The molecule has 0 aliphatic carbocycles. The van der Waals surface area contributed by atoms with Gasteiger partial charge in [0.2, 0.25) is 0 Å². The van der Waals surface area contributed by atoms with Gasteiger partial charge in [-0.2, -0.15) is 0 Å². The maximum atomic E-state index is 11.9. The van der Waals surface area contributed by atoms with E-state index in [9.17, 15) is 13.2 Å². The molecule has 0 saturated heterocycles. The quantitative estimate of drug-likeness (QED) is 0.591. The van der Waals surface area contributed by atoms with Crippen LogP contribution in [0.25, 0.3) is 11.1 Å². The van der Waals surface area contributed by atoms with Gasteiger partial charge in [-0.3, -0.25) is 4.79 Å². The molecule has 0 bridgehead atoms. The first kappa shape index (κ1) is 20.4. The van der Waals surface area contributed by atoms with Crippen LogP contribution < -0.4 is 0 Å². The minimum absolute atomic E-state index is 0.267. The maximum absolute atomic E-state index is 11.9. The summed E-state index contributed by atoms with van der Waals surface area (Å²) < 4.78 is 22.6. The molecule has 140 valence electrons. The van der Waals surface area contributed by atoms with E-state index >= 15 is 0 Å². The minimum Gasteiger partial charge on any atom is -0.298 e. The molecule has 26 heavy (non-hydrogen) atoms. The van der Waals surface area contributed by atoms with Gasteiger partial charge in [-0.15, -0.1) is 0 Å². The molecule has 0 heterocycles. The van der Waals surface area contributed by atoms with Crippen molar-refractivity contribution in [3.05, 3.63) is 60.2 Å². The first-order valence-corrected chi connectivity index (χ1v) is 11.0. The zero-order chi connectivity index (χ0) is 19.2. The van der Waals surface area contributed by atoms with E-state index in [0.717, 1.165) is 31.9 Å². The van der Waals surface area contributed by atoms with Gasteiger partial charge >= 0.3 is 0 Å². The molecule has 0 spiro atoms. The van der Waals surface area contributed by atoms with E-state index in [1.165, 1.54) is 23.6 Å². The zero-order valence-electron chi connectivity index (χ0n) is 15.9. The molecule has 0 aromatic heterocycles. The summed E-state index contributed by atoms with van der Waals surface area (Å²) in [6.45, 7) is 2.92. The fraction of sp³-hybridized carbons (Fsp3) is 0.409. The van der Waals surface area contributed by atoms with Gasteiger partial charge in [0.15, 0.2) is 15.6 Å². The van der Waals surface area contributed by atoms with Crippen molar-refractivity contribution >= 4 is 15.6 Å². The lowest BCUT2D eigenvalue weighted by atomic mass is 9.97. The number of hydrogen-bond donors (Lipinski definition) is 0. The molecule has 2 rings (SSSR count). The van der Waals surface area contributed by atoms with Crippen LogP contribution in [0, 0.1) is 0 Å². The van der Waals surface area contributed by atoms with Gasteiger partial charge in [-0.1, -0.05) is 67.4 Å². The summed E-state index contributed by atoms with van der Waals surface area (Å²) in [5, 5.41) is 0. The molecule has 3 nitrogen and oxygen atoms in total. The summed E-state index contributed by atoms with van der Waals surface area (Å²) >= 11 is 0. The Morgan fingerprint density at radius 3 is 2.00 bits per heavy atom. The van der Waals surface area contributed by atoms with Crippen LogP contribution in [0.2, 0.25) is 0 Å². The summed E-state index contributed by atoms with van der Waals surface area (Å²) in [6, 6.07) is 18.9. The van der Waals surface area contributed by atoms with Crippen molar-refractivity contribution in [3.8, 4) is 11.1 Å². The average Bonchev–Trinajstić information content (AvgIpc) is 2.61. The van der Waals surface area contributed by atoms with Crippen molar-refractivity contribution < 1.29 is 13.2 Å². The molecule has 0 amide bonds. The largest absolute Gasteiger partial charge is 0.298 e. The smallest absolute Gasteiger partial charge is 0.159 e. The molecular formula is C22H28O3S. The van der Waals surface area contributed by atoms with Crippen LogP contribution in [0.3, 0.4) is 0 Å². The van der Waals surface area contributed by atoms with Crippen LogP contribution >= 0.6 is 0 Å². The lowest BCUT2D eigenvalue weighted by Crippen LogP contribution is -2.41. The average molecular weight is 373 g/mol. The highest BCUT2D eigenvalue weighted by Gasteiger charge is 2.39. The lowest BCUT2D eigenvalue weighted by Gasteiger charge is -2.24. The van der Waals surface area contributed by atoms with E-state index in [0.29, 0.717) is 6.42 Å². The van der Waals surface area contributed by atoms with Gasteiger partial charge in [0.25, 0.3) is 0 Å². The summed E-state index contributed by atoms with van der Waals surface area (Å²) in [4.78, 5) is 11.8. The van der Waals surface area contributed by atoms with Gasteiger partial charge in [0.1, 0.15) is 4.75 Å². The maximum Gasteiger partial charge on any atom is 0.159 e. The number of aryl methyl sites for hydroxylation is 1. The normalized spacial score (nSPS) is 14.0. The number of carbonyl (C=O) groups excluding carboxylic acids is 1. The number of carbonyl (C=O) groups is 1. The molecule has 2 aromatic carbocycles. The minimum atomic E-state index is -3.38. The second kappa shape index (κ2) is 8.63. The van der Waals surface area contributed by atoms with Crippen molar-refractivity contribution in [1.29, 1.82) is 0 Å². The van der Waals surface area contributed by atoms with Crippen molar-refractivity contribution in [2.45, 2.75) is 50.7 Å². The monoisotopic (exact) mass is 372 g/mol. The topological polar surface area (TPSA) is 51.2 Å². The number of Topliss-reactive ketones (excluding diaryl/α,β-unsaturated/α-hetero) is 1. The molecule has 0 fully saturated rings. The number of benzene rings is 2. The number of hydrogen-bond acceptors (Lipinski definition) is 3. The molecule has 2 aromatic rings.